The van der Waals surface area contributed by atoms with E-state index in [1.807, 2.05) is 0 Å². The predicted octanol–water partition coefficient (Wildman–Crippen LogP) is 3.92. The van der Waals surface area contributed by atoms with E-state index in [1.54, 1.807) is 49.4 Å². The number of aromatic nitrogens is 1. The Labute approximate surface area is 231 Å². The van der Waals surface area contributed by atoms with Crippen molar-refractivity contribution in [3.05, 3.63) is 82.1 Å². The molecule has 2 aromatic carbocycles. The van der Waals surface area contributed by atoms with Gasteiger partial charge in [0.15, 0.2) is 0 Å². The molecular formula is C26H26BrN5O7. The summed E-state index contributed by atoms with van der Waals surface area (Å²) in [6.07, 6.45) is 2.26. The van der Waals surface area contributed by atoms with E-state index >= 15 is 0 Å². The number of benzene rings is 2. The third-order valence-corrected chi connectivity index (χ3v) is 5.44. The Kier molecular flexibility index (Phi) is 11.1. The summed E-state index contributed by atoms with van der Waals surface area (Å²) in [5.41, 5.74) is 7.19. The van der Waals surface area contributed by atoms with E-state index in [2.05, 4.69) is 31.5 Å². The van der Waals surface area contributed by atoms with Crippen molar-refractivity contribution in [1.29, 1.82) is 5.41 Å². The van der Waals surface area contributed by atoms with Crippen molar-refractivity contribution in [3.63, 3.8) is 0 Å². The number of nitrogens with zero attached hydrogens (tertiary/aromatic N) is 1. The van der Waals surface area contributed by atoms with Crippen LogP contribution in [0.5, 0.6) is 11.5 Å². The van der Waals surface area contributed by atoms with Crippen molar-refractivity contribution in [2.45, 2.75) is 26.3 Å². The van der Waals surface area contributed by atoms with E-state index in [0.717, 1.165) is 12.5 Å². The van der Waals surface area contributed by atoms with E-state index in [1.165, 1.54) is 18.5 Å². The minimum atomic E-state index is -1.11. The molecule has 0 spiro atoms. The minimum Gasteiger partial charge on any atom is -0.481 e. The van der Waals surface area contributed by atoms with Crippen LogP contribution in [0.3, 0.4) is 0 Å². The molecule has 0 radical (unpaired) electrons. The van der Waals surface area contributed by atoms with E-state index in [-0.39, 0.29) is 23.6 Å². The molecule has 13 heteroatoms. The number of amidine groups is 1. The summed E-state index contributed by atoms with van der Waals surface area (Å²) in [5.74, 6) is -2.25. The van der Waals surface area contributed by atoms with Gasteiger partial charge in [-0.25, -0.2) is 4.79 Å². The van der Waals surface area contributed by atoms with Crippen LogP contribution in [0.15, 0.2) is 65.4 Å². The first kappa shape index (κ1) is 30.4. The molecule has 0 saturated carbocycles. The van der Waals surface area contributed by atoms with Gasteiger partial charge in [0.2, 0.25) is 11.8 Å². The molecule has 2 amide bonds. The molecule has 0 aliphatic heterocycles. The van der Waals surface area contributed by atoms with Crippen LogP contribution >= 0.6 is 15.9 Å². The number of hydrogen-bond donors (Lipinski definition) is 6. The third-order valence-electron chi connectivity index (χ3n) is 4.82. The zero-order valence-electron chi connectivity index (χ0n) is 20.9. The summed E-state index contributed by atoms with van der Waals surface area (Å²) in [5, 5.41) is 29.3. The van der Waals surface area contributed by atoms with Gasteiger partial charge in [0.05, 0.1) is 22.3 Å². The van der Waals surface area contributed by atoms with E-state index in [4.69, 9.17) is 30.9 Å². The van der Waals surface area contributed by atoms with Crippen LogP contribution < -0.4 is 21.1 Å². The molecule has 1 aromatic heterocycles. The van der Waals surface area contributed by atoms with Crippen molar-refractivity contribution in [2.75, 3.05) is 5.32 Å². The zero-order valence-corrected chi connectivity index (χ0v) is 22.5. The molecule has 0 aliphatic carbocycles. The number of aliphatic carboxylic acids is 1. The molecule has 39 heavy (non-hydrogen) atoms. The number of hydrogen-bond acceptors (Lipinski definition) is 7. The van der Waals surface area contributed by atoms with Crippen LogP contribution in [0.2, 0.25) is 0 Å². The second-order valence-corrected chi connectivity index (χ2v) is 8.88. The van der Waals surface area contributed by atoms with Gasteiger partial charge in [0.1, 0.15) is 23.8 Å². The van der Waals surface area contributed by atoms with Gasteiger partial charge in [-0.1, -0.05) is 6.07 Å². The lowest BCUT2D eigenvalue weighted by Gasteiger charge is -2.16. The van der Waals surface area contributed by atoms with Crippen LogP contribution in [-0.4, -0.2) is 44.8 Å². The van der Waals surface area contributed by atoms with Crippen molar-refractivity contribution < 1.29 is 34.1 Å². The van der Waals surface area contributed by atoms with Gasteiger partial charge >= 0.3 is 5.97 Å². The van der Waals surface area contributed by atoms with Gasteiger partial charge in [-0.15, -0.1) is 0 Å². The number of nitrogens with two attached hydrogens (primary N) is 1. The smallest absolute Gasteiger partial charge is 0.337 e. The fraction of sp³-hybridized carbons (Fsp3) is 0.154. The van der Waals surface area contributed by atoms with E-state index in [0.29, 0.717) is 21.5 Å². The molecule has 0 fully saturated rings. The van der Waals surface area contributed by atoms with Gasteiger partial charge in [-0.05, 0) is 70.9 Å². The number of carbonyl (C=O) groups is 4. The second-order valence-electron chi connectivity index (χ2n) is 8.03. The molecule has 1 atom stereocenters. The first-order chi connectivity index (χ1) is 18.3. The maximum atomic E-state index is 12.3. The highest BCUT2D eigenvalue weighted by Crippen LogP contribution is 2.32. The average molecular weight is 600 g/mol. The molecule has 12 nitrogen and oxygen atoms in total. The topological polar surface area (TPSA) is 205 Å². The highest BCUT2D eigenvalue weighted by atomic mass is 79.9. The van der Waals surface area contributed by atoms with Gasteiger partial charge in [0, 0.05) is 24.4 Å². The predicted molar refractivity (Wildman–Crippen MR) is 146 cm³/mol. The number of rotatable bonds is 9. The highest BCUT2D eigenvalue weighted by Gasteiger charge is 2.16. The summed E-state index contributed by atoms with van der Waals surface area (Å²) in [6.45, 7) is 2.86. The fourth-order valence-electron chi connectivity index (χ4n) is 3.05. The summed E-state index contributed by atoms with van der Waals surface area (Å²) in [7, 11) is 0. The lowest BCUT2D eigenvalue weighted by Crippen LogP contribution is -2.30. The Hall–Kier alpha value is -4.78. The normalized spacial score (nSPS) is 10.7. The number of aromatic carboxylic acids is 1. The first-order valence-corrected chi connectivity index (χ1v) is 12.0. The monoisotopic (exact) mass is 599 g/mol. The Morgan fingerprint density at radius 3 is 2.23 bits per heavy atom. The van der Waals surface area contributed by atoms with Crippen LogP contribution in [0, 0.1) is 5.41 Å². The van der Waals surface area contributed by atoms with Crippen LogP contribution in [0.25, 0.3) is 0 Å². The molecule has 3 aromatic rings. The van der Waals surface area contributed by atoms with E-state index < -0.39 is 29.8 Å². The SMILES string of the molecule is CC(=O)O.C[C@H](NC(=O)CC(=O)Nc1ccc(C(=N)N)cc1)c1ccc(Oc2cncc(C(=O)O)c2)c(Br)c1. The number of pyridine rings is 1. The number of carboxylic acids is 2. The lowest BCUT2D eigenvalue weighted by molar-refractivity contribution is -0.134. The number of anilines is 1. The Balaban J connectivity index is 0.00000124. The lowest BCUT2D eigenvalue weighted by atomic mass is 10.1. The van der Waals surface area contributed by atoms with Gasteiger partial charge in [-0.3, -0.25) is 24.8 Å². The number of nitrogens with one attached hydrogen (secondary N) is 3. The van der Waals surface area contributed by atoms with Gasteiger partial charge in [-0.2, -0.15) is 0 Å². The molecule has 1 heterocycles. The zero-order chi connectivity index (χ0) is 29.1. The fourth-order valence-corrected chi connectivity index (χ4v) is 3.53. The van der Waals surface area contributed by atoms with Crippen molar-refractivity contribution in [2.24, 2.45) is 5.73 Å². The largest absolute Gasteiger partial charge is 0.481 e. The van der Waals surface area contributed by atoms with Gasteiger partial charge in [0.25, 0.3) is 5.97 Å². The third kappa shape index (κ3) is 10.2. The van der Waals surface area contributed by atoms with E-state index in [9.17, 15) is 14.4 Å². The van der Waals surface area contributed by atoms with Crippen LogP contribution in [0.1, 0.15) is 47.8 Å². The Morgan fingerprint density at radius 2 is 1.67 bits per heavy atom. The number of halogens is 1. The first-order valence-electron chi connectivity index (χ1n) is 11.2. The minimum absolute atomic E-state index is 0.00342. The molecule has 7 N–H and O–H groups in total. The summed E-state index contributed by atoms with van der Waals surface area (Å²) < 4.78 is 6.30. The molecule has 0 unspecified atom stereocenters. The Bertz CT molecular complexity index is 1380. The molecule has 0 saturated heterocycles. The maximum Gasteiger partial charge on any atom is 0.337 e. The number of nitrogen functional groups attached to an aromatic ring is 1. The quantitative estimate of drug-likeness (QED) is 0.119. The second kappa shape index (κ2) is 14.2. The standard InChI is InChI=1S/C24H22BrN5O5.C2H4O2/c1-13(29-21(31)10-22(32)30-17-5-2-14(3-6-17)23(26)27)15-4-7-20(19(25)9-15)35-18-8-16(24(33)34)11-28-12-18;1-2(3)4/h2-9,11-13H,10H2,1H3,(H3,26,27)(H,29,31)(H,30,32)(H,33,34);1H3,(H,3,4)/t13-;/m0./s1. The van der Waals surface area contributed by atoms with Gasteiger partial charge < -0.3 is 31.3 Å². The summed E-state index contributed by atoms with van der Waals surface area (Å²) in [4.78, 5) is 48.5. The summed E-state index contributed by atoms with van der Waals surface area (Å²) in [6, 6.07) is 12.5. The van der Waals surface area contributed by atoms with Crippen molar-refractivity contribution >= 4 is 51.2 Å². The van der Waals surface area contributed by atoms with Crippen molar-refractivity contribution in [3.8, 4) is 11.5 Å². The molecule has 3 rings (SSSR count). The maximum absolute atomic E-state index is 12.3. The number of carbonyl (C=O) groups excluding carboxylic acids is 2. The van der Waals surface area contributed by atoms with Crippen molar-refractivity contribution in [1.82, 2.24) is 10.3 Å². The number of ether oxygens (including phenoxy) is 1. The molecule has 204 valence electrons. The summed E-state index contributed by atoms with van der Waals surface area (Å²) >= 11 is 3.42. The highest BCUT2D eigenvalue weighted by molar-refractivity contribution is 9.10. The average Bonchev–Trinajstić information content (AvgIpc) is 2.85. The molecule has 0 aliphatic rings. The molecular weight excluding hydrogens is 574 g/mol. The number of amides is 2. The Morgan fingerprint density at radius 1 is 1.03 bits per heavy atom. The number of carboxylic acid groups (broad SMARTS) is 2. The van der Waals surface area contributed by atoms with Crippen LogP contribution in [0.4, 0.5) is 5.69 Å². The van der Waals surface area contributed by atoms with Crippen LogP contribution in [-0.2, 0) is 14.4 Å². The molecule has 0 bridgehead atoms.